The van der Waals surface area contributed by atoms with Gasteiger partial charge in [0.15, 0.2) is 0 Å². The average molecular weight is 281 g/mol. The first-order chi connectivity index (χ1) is 10.2. The van der Waals surface area contributed by atoms with Crippen LogP contribution in [0.5, 0.6) is 5.75 Å². The molecule has 2 aromatic rings. The summed E-state index contributed by atoms with van der Waals surface area (Å²) in [6, 6.07) is 17.0. The molecule has 2 nitrogen and oxygen atoms in total. The van der Waals surface area contributed by atoms with E-state index in [4.69, 9.17) is 4.74 Å². The van der Waals surface area contributed by atoms with E-state index < -0.39 is 0 Å². The van der Waals surface area contributed by atoms with Crippen LogP contribution in [0.1, 0.15) is 24.0 Å². The van der Waals surface area contributed by atoms with Gasteiger partial charge in [-0.15, -0.1) is 0 Å². The zero-order chi connectivity index (χ0) is 14.7. The molecule has 0 amide bonds. The quantitative estimate of drug-likeness (QED) is 0.829. The third kappa shape index (κ3) is 3.38. The van der Waals surface area contributed by atoms with Gasteiger partial charge in [0.05, 0.1) is 0 Å². The molecular formula is C19H23NO. The second-order valence-electron chi connectivity index (χ2n) is 5.89. The van der Waals surface area contributed by atoms with Crippen LogP contribution in [0.2, 0.25) is 0 Å². The summed E-state index contributed by atoms with van der Waals surface area (Å²) in [5.41, 5.74) is 3.94. The molecule has 1 saturated heterocycles. The Morgan fingerprint density at radius 2 is 1.62 bits per heavy atom. The van der Waals surface area contributed by atoms with E-state index in [2.05, 4.69) is 67.3 Å². The average Bonchev–Trinajstić information content (AvgIpc) is 2.53. The number of hydrogen-bond acceptors (Lipinski definition) is 2. The molecule has 0 N–H and O–H groups in total. The van der Waals surface area contributed by atoms with Crippen molar-refractivity contribution >= 4 is 5.69 Å². The lowest BCUT2D eigenvalue weighted by Crippen LogP contribution is -2.38. The molecule has 110 valence electrons. The summed E-state index contributed by atoms with van der Waals surface area (Å²) in [6.07, 6.45) is 2.51. The van der Waals surface area contributed by atoms with Crippen LogP contribution in [-0.4, -0.2) is 19.2 Å². The van der Waals surface area contributed by atoms with Crippen LogP contribution >= 0.6 is 0 Å². The van der Waals surface area contributed by atoms with Gasteiger partial charge < -0.3 is 9.64 Å². The van der Waals surface area contributed by atoms with Gasteiger partial charge in [-0.3, -0.25) is 0 Å². The molecule has 0 bridgehead atoms. The minimum atomic E-state index is 0.340. The van der Waals surface area contributed by atoms with Gasteiger partial charge in [0, 0.05) is 31.6 Å². The van der Waals surface area contributed by atoms with E-state index in [1.165, 1.54) is 16.8 Å². The lowest BCUT2D eigenvalue weighted by Gasteiger charge is -2.33. The van der Waals surface area contributed by atoms with Crippen LogP contribution in [0.4, 0.5) is 5.69 Å². The van der Waals surface area contributed by atoms with Crippen molar-refractivity contribution in [2.75, 3.05) is 18.0 Å². The van der Waals surface area contributed by atoms with Crippen molar-refractivity contribution < 1.29 is 4.74 Å². The number of para-hydroxylation sites is 1. The second kappa shape index (κ2) is 6.21. The summed E-state index contributed by atoms with van der Waals surface area (Å²) in [6.45, 7) is 6.41. The molecule has 21 heavy (non-hydrogen) atoms. The molecule has 0 aliphatic carbocycles. The zero-order valence-corrected chi connectivity index (χ0v) is 12.9. The highest BCUT2D eigenvalue weighted by atomic mass is 16.5. The standard InChI is InChI=1S/C19H23NO/c1-15-8-9-19(14-16(15)2)21-18-10-12-20(13-11-18)17-6-4-3-5-7-17/h3-9,14,18H,10-13H2,1-2H3. The summed E-state index contributed by atoms with van der Waals surface area (Å²) in [5, 5.41) is 0. The first-order valence-corrected chi connectivity index (χ1v) is 7.76. The number of benzene rings is 2. The highest BCUT2D eigenvalue weighted by Crippen LogP contribution is 2.24. The largest absolute Gasteiger partial charge is 0.490 e. The van der Waals surface area contributed by atoms with Crippen molar-refractivity contribution in [3.05, 3.63) is 59.7 Å². The van der Waals surface area contributed by atoms with Gasteiger partial charge in [0.1, 0.15) is 11.9 Å². The highest BCUT2D eigenvalue weighted by molar-refractivity contribution is 5.46. The predicted molar refractivity (Wildman–Crippen MR) is 88.2 cm³/mol. The lowest BCUT2D eigenvalue weighted by molar-refractivity contribution is 0.171. The third-order valence-corrected chi connectivity index (χ3v) is 4.34. The normalized spacial score (nSPS) is 16.0. The van der Waals surface area contributed by atoms with Crippen molar-refractivity contribution in [1.29, 1.82) is 0 Å². The van der Waals surface area contributed by atoms with Crippen molar-refractivity contribution in [1.82, 2.24) is 0 Å². The molecule has 2 aromatic carbocycles. The number of hydrogen-bond donors (Lipinski definition) is 0. The van der Waals surface area contributed by atoms with Crippen LogP contribution < -0.4 is 9.64 Å². The maximum absolute atomic E-state index is 6.15. The predicted octanol–water partition coefficient (Wildman–Crippen LogP) is 4.35. The second-order valence-corrected chi connectivity index (χ2v) is 5.89. The summed E-state index contributed by atoms with van der Waals surface area (Å²) < 4.78 is 6.15. The molecule has 0 saturated carbocycles. The number of nitrogens with zero attached hydrogens (tertiary/aromatic N) is 1. The van der Waals surface area contributed by atoms with Crippen molar-refractivity contribution in [2.45, 2.75) is 32.8 Å². The van der Waals surface area contributed by atoms with Crippen LogP contribution in [-0.2, 0) is 0 Å². The SMILES string of the molecule is Cc1ccc(OC2CCN(c3ccccc3)CC2)cc1C. The summed E-state index contributed by atoms with van der Waals surface area (Å²) >= 11 is 0. The molecule has 3 rings (SSSR count). The van der Waals surface area contributed by atoms with Crippen molar-refractivity contribution in [3.63, 3.8) is 0 Å². The third-order valence-electron chi connectivity index (χ3n) is 4.34. The van der Waals surface area contributed by atoms with Crippen LogP contribution in [0.25, 0.3) is 0 Å². The van der Waals surface area contributed by atoms with E-state index >= 15 is 0 Å². The van der Waals surface area contributed by atoms with Crippen LogP contribution in [0, 0.1) is 13.8 Å². The van der Waals surface area contributed by atoms with E-state index in [-0.39, 0.29) is 0 Å². The molecule has 1 aliphatic heterocycles. The first kappa shape index (κ1) is 14.0. The van der Waals surface area contributed by atoms with Gasteiger partial charge in [0.2, 0.25) is 0 Å². The molecule has 0 spiro atoms. The number of rotatable bonds is 3. The van der Waals surface area contributed by atoms with E-state index in [1.54, 1.807) is 0 Å². The topological polar surface area (TPSA) is 12.5 Å². The Morgan fingerprint density at radius 3 is 2.29 bits per heavy atom. The molecule has 1 fully saturated rings. The number of aryl methyl sites for hydroxylation is 2. The fraction of sp³-hybridized carbons (Fsp3) is 0.368. The maximum Gasteiger partial charge on any atom is 0.120 e. The minimum Gasteiger partial charge on any atom is -0.490 e. The van der Waals surface area contributed by atoms with Gasteiger partial charge in [0.25, 0.3) is 0 Å². The Labute approximate surface area is 127 Å². The summed E-state index contributed by atoms with van der Waals surface area (Å²) in [4.78, 5) is 2.44. The molecule has 2 heteroatoms. The fourth-order valence-corrected chi connectivity index (χ4v) is 2.85. The van der Waals surface area contributed by atoms with Crippen molar-refractivity contribution in [3.8, 4) is 5.75 Å². The molecule has 0 atom stereocenters. The molecular weight excluding hydrogens is 258 g/mol. The summed E-state index contributed by atoms with van der Waals surface area (Å²) in [7, 11) is 0. The number of piperidine rings is 1. The molecule has 0 unspecified atom stereocenters. The van der Waals surface area contributed by atoms with Gasteiger partial charge >= 0.3 is 0 Å². The molecule has 1 heterocycles. The fourth-order valence-electron chi connectivity index (χ4n) is 2.85. The van der Waals surface area contributed by atoms with Crippen LogP contribution in [0.3, 0.4) is 0 Å². The monoisotopic (exact) mass is 281 g/mol. The van der Waals surface area contributed by atoms with Gasteiger partial charge in [-0.2, -0.15) is 0 Å². The van der Waals surface area contributed by atoms with Gasteiger partial charge in [-0.25, -0.2) is 0 Å². The smallest absolute Gasteiger partial charge is 0.120 e. The first-order valence-electron chi connectivity index (χ1n) is 7.76. The van der Waals surface area contributed by atoms with Crippen molar-refractivity contribution in [2.24, 2.45) is 0 Å². The Balaban J connectivity index is 1.57. The summed E-state index contributed by atoms with van der Waals surface area (Å²) in [5.74, 6) is 1.01. The Hall–Kier alpha value is -1.96. The molecule has 0 radical (unpaired) electrons. The highest BCUT2D eigenvalue weighted by Gasteiger charge is 2.20. The van der Waals surface area contributed by atoms with E-state index in [1.807, 2.05) is 0 Å². The Bertz CT molecular complexity index is 586. The van der Waals surface area contributed by atoms with Gasteiger partial charge in [-0.05, 0) is 49.2 Å². The Kier molecular flexibility index (Phi) is 4.14. The lowest BCUT2D eigenvalue weighted by atomic mass is 10.1. The zero-order valence-electron chi connectivity index (χ0n) is 12.9. The minimum absolute atomic E-state index is 0.340. The van der Waals surface area contributed by atoms with E-state index in [0.29, 0.717) is 6.10 Å². The van der Waals surface area contributed by atoms with E-state index in [0.717, 1.165) is 31.7 Å². The number of anilines is 1. The maximum atomic E-state index is 6.15. The van der Waals surface area contributed by atoms with Gasteiger partial charge in [-0.1, -0.05) is 24.3 Å². The van der Waals surface area contributed by atoms with Crippen LogP contribution in [0.15, 0.2) is 48.5 Å². The Morgan fingerprint density at radius 1 is 0.905 bits per heavy atom. The number of ether oxygens (including phenoxy) is 1. The van der Waals surface area contributed by atoms with E-state index in [9.17, 15) is 0 Å². The molecule has 1 aliphatic rings. The molecule has 0 aromatic heterocycles.